The van der Waals surface area contributed by atoms with E-state index in [0.717, 1.165) is 98.9 Å². The molecule has 0 aliphatic carbocycles. The van der Waals surface area contributed by atoms with Gasteiger partial charge in [0.15, 0.2) is 0 Å². The van der Waals surface area contributed by atoms with Crippen LogP contribution >= 0.6 is 0 Å². The van der Waals surface area contributed by atoms with E-state index in [1.54, 1.807) is 30.5 Å². The van der Waals surface area contributed by atoms with Crippen LogP contribution in [0.2, 0.25) is 0 Å². The van der Waals surface area contributed by atoms with E-state index >= 15 is 0 Å². The van der Waals surface area contributed by atoms with Gasteiger partial charge in [0.25, 0.3) is 5.91 Å². The minimum atomic E-state index is -4.41. The number of alkyl halides is 3. The Kier molecular flexibility index (Phi) is 12.6. The Hall–Kier alpha value is -4.44. The van der Waals surface area contributed by atoms with Gasteiger partial charge in [-0.05, 0) is 99.0 Å². The molecule has 0 spiro atoms. The fourth-order valence-electron chi connectivity index (χ4n) is 6.34. The standard InChI is InChI=1S/C39H45F3N4O3/c1-2-27-49-36-19-18-35-32(12-8-23-43-35)33(36)11-7-13-37(47)44-22-5-6-24-46-25-20-30(21-26-46)45-38(48)34-10-4-3-9-31(34)28-14-16-29(17-15-28)39(40,41)42/h3-4,8-10,12,14-19,23,30H,2,5-7,11,13,20-22,24-27H2,1H3,(H,44,47)(H,45,48). The number of aryl methyl sites for hydroxylation is 1. The molecule has 1 aliphatic heterocycles. The Bertz CT molecular complexity index is 1690. The normalized spacial score (nSPS) is 14.1. The van der Waals surface area contributed by atoms with Gasteiger partial charge in [0.2, 0.25) is 5.91 Å². The summed E-state index contributed by atoms with van der Waals surface area (Å²) in [5.74, 6) is 0.714. The van der Waals surface area contributed by atoms with Crippen LogP contribution < -0.4 is 15.4 Å². The summed E-state index contributed by atoms with van der Waals surface area (Å²) in [5.41, 5.74) is 2.94. The molecule has 49 heavy (non-hydrogen) atoms. The summed E-state index contributed by atoms with van der Waals surface area (Å²) in [7, 11) is 0. The van der Waals surface area contributed by atoms with Gasteiger partial charge in [0.1, 0.15) is 5.75 Å². The smallest absolute Gasteiger partial charge is 0.416 e. The van der Waals surface area contributed by atoms with E-state index in [0.29, 0.717) is 36.3 Å². The molecule has 0 bridgehead atoms. The van der Waals surface area contributed by atoms with Crippen LogP contribution in [0.5, 0.6) is 5.75 Å². The number of benzene rings is 3. The molecule has 260 valence electrons. The van der Waals surface area contributed by atoms with Gasteiger partial charge in [-0.2, -0.15) is 13.2 Å². The molecule has 0 atom stereocenters. The van der Waals surface area contributed by atoms with Crippen LogP contribution in [-0.2, 0) is 17.4 Å². The molecule has 10 heteroatoms. The minimum absolute atomic E-state index is 0.0307. The van der Waals surface area contributed by atoms with Gasteiger partial charge in [-0.3, -0.25) is 14.6 Å². The Morgan fingerprint density at radius 2 is 1.71 bits per heavy atom. The SMILES string of the molecule is CCCOc1ccc2ncccc2c1CCCC(=O)NCCCCN1CCC(NC(=O)c2ccccc2-c2ccc(C(F)(F)F)cc2)CC1. The van der Waals surface area contributed by atoms with E-state index in [1.165, 1.54) is 12.1 Å². The Morgan fingerprint density at radius 1 is 0.939 bits per heavy atom. The molecule has 0 radical (unpaired) electrons. The highest BCUT2D eigenvalue weighted by Gasteiger charge is 2.30. The number of halogens is 3. The lowest BCUT2D eigenvalue weighted by Crippen LogP contribution is -2.45. The summed E-state index contributed by atoms with van der Waals surface area (Å²) in [6.07, 6.45) is 3.75. The second-order valence-corrected chi connectivity index (χ2v) is 12.6. The van der Waals surface area contributed by atoms with Gasteiger partial charge in [0.05, 0.1) is 17.7 Å². The third-order valence-electron chi connectivity index (χ3n) is 8.99. The number of aromatic nitrogens is 1. The van der Waals surface area contributed by atoms with E-state index in [2.05, 4.69) is 33.5 Å². The fourth-order valence-corrected chi connectivity index (χ4v) is 6.34. The van der Waals surface area contributed by atoms with E-state index in [-0.39, 0.29) is 17.9 Å². The van der Waals surface area contributed by atoms with Crippen molar-refractivity contribution >= 4 is 22.7 Å². The molecule has 0 unspecified atom stereocenters. The zero-order valence-electron chi connectivity index (χ0n) is 28.0. The molecular weight excluding hydrogens is 629 g/mol. The molecule has 4 aromatic rings. The van der Waals surface area contributed by atoms with Crippen LogP contribution in [-0.4, -0.2) is 60.5 Å². The molecule has 7 nitrogen and oxygen atoms in total. The van der Waals surface area contributed by atoms with Gasteiger partial charge in [-0.1, -0.05) is 43.3 Å². The van der Waals surface area contributed by atoms with Gasteiger partial charge in [-0.25, -0.2) is 0 Å². The number of fused-ring (bicyclic) bond motifs is 1. The Labute approximate surface area is 286 Å². The first-order valence-corrected chi connectivity index (χ1v) is 17.3. The highest BCUT2D eigenvalue weighted by Crippen LogP contribution is 2.32. The van der Waals surface area contributed by atoms with Crippen LogP contribution in [0.1, 0.15) is 73.4 Å². The van der Waals surface area contributed by atoms with E-state index in [1.807, 2.05) is 18.2 Å². The first-order chi connectivity index (χ1) is 23.7. The number of carbonyl (C=O) groups is 2. The predicted molar refractivity (Wildman–Crippen MR) is 187 cm³/mol. The van der Waals surface area contributed by atoms with Gasteiger partial charge in [-0.15, -0.1) is 0 Å². The Balaban J connectivity index is 0.986. The summed E-state index contributed by atoms with van der Waals surface area (Å²) in [6.45, 7) is 6.05. The third kappa shape index (κ3) is 10.0. The highest BCUT2D eigenvalue weighted by molar-refractivity contribution is 6.01. The first-order valence-electron chi connectivity index (χ1n) is 17.3. The van der Waals surface area contributed by atoms with Gasteiger partial charge in [0, 0.05) is 54.8 Å². The summed E-state index contributed by atoms with van der Waals surface area (Å²) >= 11 is 0. The number of ether oxygens (including phenoxy) is 1. The topological polar surface area (TPSA) is 83.6 Å². The second-order valence-electron chi connectivity index (χ2n) is 12.6. The molecule has 1 aromatic heterocycles. The maximum absolute atomic E-state index is 13.2. The van der Waals surface area contributed by atoms with Crippen molar-refractivity contribution in [3.05, 3.63) is 95.7 Å². The van der Waals surface area contributed by atoms with Crippen molar-refractivity contribution < 1.29 is 27.5 Å². The van der Waals surface area contributed by atoms with Crippen molar-refractivity contribution in [2.75, 3.05) is 32.8 Å². The monoisotopic (exact) mass is 674 g/mol. The number of likely N-dealkylation sites (tertiary alicyclic amines) is 1. The molecule has 3 aromatic carbocycles. The minimum Gasteiger partial charge on any atom is -0.493 e. The average Bonchev–Trinajstić information content (AvgIpc) is 3.11. The number of nitrogens with one attached hydrogen (secondary N) is 2. The molecule has 2 N–H and O–H groups in total. The van der Waals surface area contributed by atoms with E-state index < -0.39 is 11.7 Å². The number of nitrogens with zero attached hydrogens (tertiary/aromatic N) is 2. The number of hydrogen-bond donors (Lipinski definition) is 2. The number of unbranched alkanes of at least 4 members (excludes halogenated alkanes) is 1. The van der Waals surface area contributed by atoms with E-state index in [9.17, 15) is 22.8 Å². The maximum Gasteiger partial charge on any atom is 0.416 e. The zero-order chi connectivity index (χ0) is 34.6. The molecule has 0 saturated carbocycles. The first kappa shape index (κ1) is 35.9. The molecule has 2 amide bonds. The van der Waals surface area contributed by atoms with Crippen molar-refractivity contribution in [2.24, 2.45) is 0 Å². The summed E-state index contributed by atoms with van der Waals surface area (Å²) in [6, 6.07) is 19.9. The van der Waals surface area contributed by atoms with Gasteiger partial charge >= 0.3 is 6.18 Å². The largest absolute Gasteiger partial charge is 0.493 e. The van der Waals surface area contributed by atoms with Gasteiger partial charge < -0.3 is 20.3 Å². The number of pyridine rings is 1. The van der Waals surface area contributed by atoms with Crippen LogP contribution in [0.3, 0.4) is 0 Å². The van der Waals surface area contributed by atoms with Crippen LogP contribution in [0.4, 0.5) is 13.2 Å². The van der Waals surface area contributed by atoms with Crippen molar-refractivity contribution in [3.8, 4) is 16.9 Å². The lowest BCUT2D eigenvalue weighted by molar-refractivity contribution is -0.137. The van der Waals surface area contributed by atoms with Crippen molar-refractivity contribution in [1.82, 2.24) is 20.5 Å². The van der Waals surface area contributed by atoms with Crippen LogP contribution in [0.25, 0.3) is 22.0 Å². The number of rotatable bonds is 15. The van der Waals surface area contributed by atoms with Crippen molar-refractivity contribution in [2.45, 2.75) is 70.5 Å². The lowest BCUT2D eigenvalue weighted by Gasteiger charge is -2.32. The van der Waals surface area contributed by atoms with Crippen LogP contribution in [0, 0.1) is 0 Å². The summed E-state index contributed by atoms with van der Waals surface area (Å²) < 4.78 is 45.0. The fraction of sp³-hybridized carbons (Fsp3) is 0.410. The third-order valence-corrected chi connectivity index (χ3v) is 8.99. The molecule has 1 saturated heterocycles. The lowest BCUT2D eigenvalue weighted by atomic mass is 9.97. The molecule has 1 aliphatic rings. The molecule has 2 heterocycles. The van der Waals surface area contributed by atoms with Crippen molar-refractivity contribution in [3.63, 3.8) is 0 Å². The van der Waals surface area contributed by atoms with Crippen molar-refractivity contribution in [1.29, 1.82) is 0 Å². The maximum atomic E-state index is 13.2. The average molecular weight is 675 g/mol. The summed E-state index contributed by atoms with van der Waals surface area (Å²) in [4.78, 5) is 32.6. The highest BCUT2D eigenvalue weighted by atomic mass is 19.4. The number of amides is 2. The zero-order valence-corrected chi connectivity index (χ0v) is 28.0. The number of carbonyl (C=O) groups excluding carboxylic acids is 2. The molecule has 5 rings (SSSR count). The molecule has 1 fully saturated rings. The molecular formula is C39H45F3N4O3. The Morgan fingerprint density at radius 3 is 2.47 bits per heavy atom. The predicted octanol–water partition coefficient (Wildman–Crippen LogP) is 7.82. The van der Waals surface area contributed by atoms with Crippen LogP contribution in [0.15, 0.2) is 79.0 Å². The second kappa shape index (κ2) is 17.3. The van der Waals surface area contributed by atoms with E-state index in [4.69, 9.17) is 4.74 Å². The quantitative estimate of drug-likeness (QED) is 0.126. The summed E-state index contributed by atoms with van der Waals surface area (Å²) in [5, 5.41) is 7.27. The number of piperidine rings is 1. The number of hydrogen-bond acceptors (Lipinski definition) is 5.